The summed E-state index contributed by atoms with van der Waals surface area (Å²) in [6.45, 7) is 8.22. The molecule has 37 heavy (non-hydrogen) atoms. The zero-order chi connectivity index (χ0) is 27.1. The number of allylic oxidation sites excluding steroid dienone is 2. The van der Waals surface area contributed by atoms with Crippen molar-refractivity contribution < 1.29 is 22.7 Å². The fraction of sp³-hybridized carbons (Fsp3) is 0.357. The highest BCUT2D eigenvalue weighted by Gasteiger charge is 2.20. The lowest BCUT2D eigenvalue weighted by molar-refractivity contribution is -0.134. The molecular formula is C28H35N3O5S. The maximum atomic E-state index is 12.8. The molecule has 0 spiro atoms. The summed E-state index contributed by atoms with van der Waals surface area (Å²) in [6.07, 6.45) is 8.48. The Balaban J connectivity index is 1.85. The van der Waals surface area contributed by atoms with Gasteiger partial charge in [-0.25, -0.2) is 13.4 Å². The van der Waals surface area contributed by atoms with Gasteiger partial charge in [-0.2, -0.15) is 0 Å². The number of benzene rings is 2. The molecule has 198 valence electrons. The molecule has 9 heteroatoms. The number of hydrogen-bond donors (Lipinski definition) is 1. The fourth-order valence-corrected chi connectivity index (χ4v) is 4.55. The highest BCUT2D eigenvalue weighted by atomic mass is 32.2. The van der Waals surface area contributed by atoms with Crippen LogP contribution in [0.5, 0.6) is 11.5 Å². The minimum Gasteiger partial charge on any atom is -0.480 e. The molecule has 1 heterocycles. The van der Waals surface area contributed by atoms with Crippen LogP contribution in [0.3, 0.4) is 0 Å². The molecule has 0 bridgehead atoms. The van der Waals surface area contributed by atoms with Gasteiger partial charge in [-0.3, -0.25) is 9.52 Å². The summed E-state index contributed by atoms with van der Waals surface area (Å²) in [5.74, 6) is 0.0399. The normalized spacial score (nSPS) is 12.9. The molecule has 1 aromatic heterocycles. The second-order valence-corrected chi connectivity index (χ2v) is 11.5. The van der Waals surface area contributed by atoms with Gasteiger partial charge in [0.25, 0.3) is 10.0 Å². The summed E-state index contributed by atoms with van der Waals surface area (Å²) < 4.78 is 41.9. The number of sulfonamides is 1. The van der Waals surface area contributed by atoms with E-state index in [4.69, 9.17) is 9.47 Å². The van der Waals surface area contributed by atoms with Crippen LogP contribution in [0.2, 0.25) is 0 Å². The number of anilines is 1. The van der Waals surface area contributed by atoms with E-state index in [0.717, 1.165) is 0 Å². The number of imidazole rings is 1. The van der Waals surface area contributed by atoms with Gasteiger partial charge in [-0.15, -0.1) is 0 Å². The first-order valence-corrected chi connectivity index (χ1v) is 13.7. The first kappa shape index (κ1) is 28.0. The molecule has 1 N–H and O–H groups in total. The van der Waals surface area contributed by atoms with Gasteiger partial charge >= 0.3 is 5.97 Å². The number of hydrogen-bond acceptors (Lipinski definition) is 6. The molecule has 0 aliphatic rings. The zero-order valence-corrected chi connectivity index (χ0v) is 22.8. The van der Waals surface area contributed by atoms with Gasteiger partial charge in [0.15, 0.2) is 11.5 Å². The van der Waals surface area contributed by atoms with Gasteiger partial charge in [-0.05, 0) is 42.5 Å². The van der Waals surface area contributed by atoms with Gasteiger partial charge in [-0.1, -0.05) is 58.0 Å². The van der Waals surface area contributed by atoms with Gasteiger partial charge in [0.2, 0.25) is 0 Å². The minimum atomic E-state index is -3.81. The third-order valence-corrected chi connectivity index (χ3v) is 6.70. The van der Waals surface area contributed by atoms with Crippen LogP contribution in [0.25, 0.3) is 0 Å². The van der Waals surface area contributed by atoms with Gasteiger partial charge < -0.3 is 14.0 Å². The van der Waals surface area contributed by atoms with Crippen molar-refractivity contribution in [2.24, 2.45) is 12.5 Å². The van der Waals surface area contributed by atoms with Crippen LogP contribution in [-0.2, 0) is 21.9 Å². The molecule has 0 amide bonds. The Morgan fingerprint density at radius 3 is 2.49 bits per heavy atom. The van der Waals surface area contributed by atoms with Crippen LogP contribution < -0.4 is 14.2 Å². The van der Waals surface area contributed by atoms with Gasteiger partial charge in [0, 0.05) is 25.7 Å². The summed E-state index contributed by atoms with van der Waals surface area (Å²) in [6, 6.07) is 12.7. The molecule has 1 atom stereocenters. The Morgan fingerprint density at radius 1 is 1.14 bits per heavy atom. The lowest BCUT2D eigenvalue weighted by Gasteiger charge is -2.19. The number of esters is 1. The number of aromatic nitrogens is 2. The Kier molecular flexibility index (Phi) is 9.15. The first-order chi connectivity index (χ1) is 17.5. The number of rotatable bonds is 11. The summed E-state index contributed by atoms with van der Waals surface area (Å²) in [5, 5.41) is 0. The minimum absolute atomic E-state index is 0.0362. The SMILES string of the molecule is CCC(Oc1cc(NS(=O)(=O)c2ccccc2)ccc1OC(=O)CCC=CC(C)(C)C)c1cn(C)cn1. The monoisotopic (exact) mass is 525 g/mol. The molecule has 0 saturated carbocycles. The van der Waals surface area contributed by atoms with E-state index in [0.29, 0.717) is 18.5 Å². The van der Waals surface area contributed by atoms with E-state index in [1.165, 1.54) is 30.3 Å². The summed E-state index contributed by atoms with van der Waals surface area (Å²) in [4.78, 5) is 17.1. The molecule has 0 saturated heterocycles. The van der Waals surface area contributed by atoms with Crippen molar-refractivity contribution in [1.29, 1.82) is 0 Å². The lowest BCUT2D eigenvalue weighted by atomic mass is 9.96. The Hall–Kier alpha value is -3.59. The third kappa shape index (κ3) is 8.49. The van der Waals surface area contributed by atoms with E-state index in [2.05, 4.69) is 36.6 Å². The van der Waals surface area contributed by atoms with Crippen LogP contribution in [0, 0.1) is 5.41 Å². The van der Waals surface area contributed by atoms with Crippen LogP contribution in [0.1, 0.15) is 58.8 Å². The van der Waals surface area contributed by atoms with E-state index >= 15 is 0 Å². The predicted octanol–water partition coefficient (Wildman–Crippen LogP) is 6.04. The number of carbonyl (C=O) groups is 1. The standard InChI is InChI=1S/C28H35N3O5S/c1-6-24(23-19-31(5)20-29-23)35-26-18-21(30-37(33,34)22-12-8-7-9-13-22)15-16-25(26)36-27(32)14-10-11-17-28(2,3)4/h7-9,11-13,15-20,24,30H,6,10,14H2,1-5H3. The smallest absolute Gasteiger partial charge is 0.311 e. The highest BCUT2D eigenvalue weighted by Crippen LogP contribution is 2.36. The lowest BCUT2D eigenvalue weighted by Crippen LogP contribution is -2.14. The maximum absolute atomic E-state index is 12.8. The van der Waals surface area contributed by atoms with Crippen molar-refractivity contribution in [3.8, 4) is 11.5 Å². The number of carbonyl (C=O) groups excluding carboxylic acids is 1. The number of nitrogens with zero attached hydrogens (tertiary/aromatic N) is 2. The van der Waals surface area contributed by atoms with E-state index < -0.39 is 22.1 Å². The molecular weight excluding hydrogens is 490 g/mol. The largest absolute Gasteiger partial charge is 0.480 e. The second kappa shape index (κ2) is 12.1. The third-order valence-electron chi connectivity index (χ3n) is 5.30. The molecule has 0 aliphatic heterocycles. The molecule has 3 aromatic rings. The molecule has 3 rings (SSSR count). The first-order valence-electron chi connectivity index (χ1n) is 12.2. The highest BCUT2D eigenvalue weighted by molar-refractivity contribution is 7.92. The van der Waals surface area contributed by atoms with Gasteiger partial charge in [0.1, 0.15) is 6.10 Å². The average Bonchev–Trinajstić information content (AvgIpc) is 3.27. The van der Waals surface area contributed by atoms with Crippen molar-refractivity contribution in [2.45, 2.75) is 58.0 Å². The molecule has 0 fully saturated rings. The Morgan fingerprint density at radius 2 is 1.86 bits per heavy atom. The van der Waals surface area contributed by atoms with E-state index in [9.17, 15) is 13.2 Å². The van der Waals surface area contributed by atoms with Crippen molar-refractivity contribution in [2.75, 3.05) is 4.72 Å². The Bertz CT molecular complexity index is 1330. The quantitative estimate of drug-likeness (QED) is 0.186. The van der Waals surface area contributed by atoms with Crippen molar-refractivity contribution in [3.05, 3.63) is 78.9 Å². The molecule has 8 nitrogen and oxygen atoms in total. The van der Waals surface area contributed by atoms with Crippen LogP contribution >= 0.6 is 0 Å². The van der Waals surface area contributed by atoms with Crippen molar-refractivity contribution in [1.82, 2.24) is 9.55 Å². The average molecular weight is 526 g/mol. The predicted molar refractivity (Wildman–Crippen MR) is 144 cm³/mol. The topological polar surface area (TPSA) is 99.5 Å². The summed E-state index contributed by atoms with van der Waals surface area (Å²) >= 11 is 0. The second-order valence-electron chi connectivity index (χ2n) is 9.84. The van der Waals surface area contributed by atoms with Crippen LogP contribution in [0.15, 0.2) is 78.1 Å². The summed E-state index contributed by atoms with van der Waals surface area (Å²) in [7, 11) is -1.95. The number of aryl methyl sites for hydroxylation is 1. The van der Waals surface area contributed by atoms with Crippen LogP contribution in [-0.4, -0.2) is 23.9 Å². The molecule has 2 aromatic carbocycles. The number of nitrogens with one attached hydrogen (secondary N) is 1. The Labute approximate surface area is 219 Å². The van der Waals surface area contributed by atoms with Crippen molar-refractivity contribution >= 4 is 21.7 Å². The molecule has 1 unspecified atom stereocenters. The molecule has 0 aliphatic carbocycles. The van der Waals surface area contributed by atoms with E-state index in [1.807, 2.05) is 30.8 Å². The maximum Gasteiger partial charge on any atom is 0.311 e. The summed E-state index contributed by atoms with van der Waals surface area (Å²) in [5.41, 5.74) is 1.03. The van der Waals surface area contributed by atoms with E-state index in [1.54, 1.807) is 24.5 Å². The van der Waals surface area contributed by atoms with Crippen molar-refractivity contribution in [3.63, 3.8) is 0 Å². The molecule has 0 radical (unpaired) electrons. The zero-order valence-electron chi connectivity index (χ0n) is 22.0. The van der Waals surface area contributed by atoms with Crippen LogP contribution in [0.4, 0.5) is 5.69 Å². The van der Waals surface area contributed by atoms with Gasteiger partial charge in [0.05, 0.1) is 22.6 Å². The number of ether oxygens (including phenoxy) is 2. The van der Waals surface area contributed by atoms with E-state index in [-0.39, 0.29) is 33.9 Å². The fourth-order valence-electron chi connectivity index (χ4n) is 3.48.